The summed E-state index contributed by atoms with van der Waals surface area (Å²) in [7, 11) is 0. The number of aromatic nitrogens is 2. The van der Waals surface area contributed by atoms with Gasteiger partial charge in [0.15, 0.2) is 0 Å². The second-order valence-electron chi connectivity index (χ2n) is 5.69. The van der Waals surface area contributed by atoms with Gasteiger partial charge in [-0.3, -0.25) is 16.0 Å². The Balaban J connectivity index is 2.09. The molecule has 1 heterocycles. The summed E-state index contributed by atoms with van der Waals surface area (Å²) >= 11 is 0. The molecule has 0 saturated heterocycles. The Kier molecular flexibility index (Phi) is 5.40. The summed E-state index contributed by atoms with van der Waals surface area (Å²) in [4.78, 5) is 0. The van der Waals surface area contributed by atoms with Gasteiger partial charge in [-0.15, -0.1) is 0 Å². The van der Waals surface area contributed by atoms with E-state index >= 15 is 0 Å². The van der Waals surface area contributed by atoms with E-state index in [2.05, 4.69) is 35.1 Å². The van der Waals surface area contributed by atoms with Crippen LogP contribution in [0.4, 0.5) is 0 Å². The summed E-state index contributed by atoms with van der Waals surface area (Å²) in [5, 5.41) is 4.63. The van der Waals surface area contributed by atoms with Gasteiger partial charge < -0.3 is 0 Å². The van der Waals surface area contributed by atoms with E-state index in [0.717, 1.165) is 25.3 Å². The molecule has 1 atom stereocenters. The lowest BCUT2D eigenvalue weighted by Gasteiger charge is -2.26. The van der Waals surface area contributed by atoms with Crippen molar-refractivity contribution >= 4 is 0 Å². The number of hydrogen-bond acceptors (Lipinski definition) is 3. The SMILES string of the molecule is CCc1cc(C(CC2CCCCC2)NN)n(CC)n1. The highest BCUT2D eigenvalue weighted by Gasteiger charge is 2.22. The number of hydrogen-bond donors (Lipinski definition) is 2. The molecule has 0 radical (unpaired) electrons. The van der Waals surface area contributed by atoms with E-state index in [1.54, 1.807) is 0 Å². The van der Waals surface area contributed by atoms with E-state index in [0.29, 0.717) is 0 Å². The molecule has 1 aliphatic rings. The summed E-state index contributed by atoms with van der Waals surface area (Å²) in [6.45, 7) is 5.21. The Morgan fingerprint density at radius 2 is 2.11 bits per heavy atom. The first-order valence-corrected chi connectivity index (χ1v) is 7.81. The number of hydrazine groups is 1. The molecule has 3 N–H and O–H groups in total. The van der Waals surface area contributed by atoms with Crippen molar-refractivity contribution in [3.63, 3.8) is 0 Å². The summed E-state index contributed by atoms with van der Waals surface area (Å²) < 4.78 is 2.10. The van der Waals surface area contributed by atoms with Gasteiger partial charge >= 0.3 is 0 Å². The first-order chi connectivity index (χ1) is 9.28. The van der Waals surface area contributed by atoms with Crippen LogP contribution in [0.3, 0.4) is 0 Å². The summed E-state index contributed by atoms with van der Waals surface area (Å²) in [5.74, 6) is 6.62. The Labute approximate surface area is 116 Å². The van der Waals surface area contributed by atoms with Crippen molar-refractivity contribution in [1.82, 2.24) is 15.2 Å². The van der Waals surface area contributed by atoms with E-state index in [9.17, 15) is 0 Å². The second kappa shape index (κ2) is 7.06. The number of nitrogens with two attached hydrogens (primary N) is 1. The van der Waals surface area contributed by atoms with Gasteiger partial charge in [0.25, 0.3) is 0 Å². The standard InChI is InChI=1S/C15H28N4/c1-3-13-11-15(19(4-2)18-13)14(17-16)10-12-8-6-5-7-9-12/h11-12,14,17H,3-10,16H2,1-2H3. The van der Waals surface area contributed by atoms with Gasteiger partial charge in [-0.1, -0.05) is 39.0 Å². The Morgan fingerprint density at radius 1 is 1.37 bits per heavy atom. The quantitative estimate of drug-likeness (QED) is 0.613. The number of nitrogens with one attached hydrogen (secondary N) is 1. The fourth-order valence-corrected chi connectivity index (χ4v) is 3.22. The Bertz CT molecular complexity index is 379. The minimum atomic E-state index is 0.246. The largest absolute Gasteiger partial charge is 0.271 e. The van der Waals surface area contributed by atoms with Crippen LogP contribution < -0.4 is 11.3 Å². The zero-order chi connectivity index (χ0) is 13.7. The zero-order valence-electron chi connectivity index (χ0n) is 12.4. The lowest BCUT2D eigenvalue weighted by Crippen LogP contribution is -2.31. The molecule has 1 fully saturated rings. The van der Waals surface area contributed by atoms with Crippen molar-refractivity contribution in [3.8, 4) is 0 Å². The second-order valence-corrected chi connectivity index (χ2v) is 5.69. The van der Waals surface area contributed by atoms with E-state index in [1.807, 2.05) is 0 Å². The lowest BCUT2D eigenvalue weighted by molar-refractivity contribution is 0.294. The normalized spacial score (nSPS) is 18.7. The van der Waals surface area contributed by atoms with Crippen LogP contribution >= 0.6 is 0 Å². The molecule has 1 aromatic heterocycles. The molecule has 4 heteroatoms. The summed E-state index contributed by atoms with van der Waals surface area (Å²) in [6, 6.07) is 2.47. The summed E-state index contributed by atoms with van der Waals surface area (Å²) in [6.07, 6.45) is 9.03. The third-order valence-electron chi connectivity index (χ3n) is 4.38. The van der Waals surface area contributed by atoms with E-state index < -0.39 is 0 Å². The minimum Gasteiger partial charge on any atom is -0.271 e. The third-order valence-corrected chi connectivity index (χ3v) is 4.38. The molecule has 0 aliphatic heterocycles. The monoisotopic (exact) mass is 264 g/mol. The van der Waals surface area contributed by atoms with E-state index in [1.165, 1.54) is 43.5 Å². The molecule has 1 aliphatic carbocycles. The first-order valence-electron chi connectivity index (χ1n) is 7.81. The summed E-state index contributed by atoms with van der Waals surface area (Å²) in [5.41, 5.74) is 5.44. The molecule has 0 spiro atoms. The average molecular weight is 264 g/mol. The predicted octanol–water partition coefficient (Wildman–Crippen LogP) is 2.94. The van der Waals surface area contributed by atoms with Crippen LogP contribution in [-0.2, 0) is 13.0 Å². The zero-order valence-corrected chi connectivity index (χ0v) is 12.4. The maximum Gasteiger partial charge on any atom is 0.0631 e. The fourth-order valence-electron chi connectivity index (χ4n) is 3.22. The Morgan fingerprint density at radius 3 is 2.68 bits per heavy atom. The van der Waals surface area contributed by atoms with Crippen molar-refractivity contribution in [2.45, 2.75) is 71.4 Å². The van der Waals surface area contributed by atoms with Gasteiger partial charge in [0, 0.05) is 6.54 Å². The molecule has 0 bridgehead atoms. The van der Waals surface area contributed by atoms with Crippen LogP contribution in [0.25, 0.3) is 0 Å². The first kappa shape index (κ1) is 14.5. The number of aryl methyl sites for hydroxylation is 2. The molecule has 2 rings (SSSR count). The van der Waals surface area contributed by atoms with Crippen LogP contribution in [-0.4, -0.2) is 9.78 Å². The number of rotatable bonds is 6. The molecule has 4 nitrogen and oxygen atoms in total. The topological polar surface area (TPSA) is 55.9 Å². The number of nitrogens with zero attached hydrogens (tertiary/aromatic N) is 2. The van der Waals surface area contributed by atoms with Crippen LogP contribution in [0.1, 0.15) is 69.8 Å². The van der Waals surface area contributed by atoms with Crippen molar-refractivity contribution < 1.29 is 0 Å². The highest BCUT2D eigenvalue weighted by atomic mass is 15.3. The van der Waals surface area contributed by atoms with Gasteiger partial charge in [0.1, 0.15) is 0 Å². The van der Waals surface area contributed by atoms with Gasteiger partial charge in [0.05, 0.1) is 17.4 Å². The fraction of sp³-hybridized carbons (Fsp3) is 0.800. The molecule has 0 amide bonds. The maximum absolute atomic E-state index is 5.81. The van der Waals surface area contributed by atoms with Gasteiger partial charge in [-0.25, -0.2) is 0 Å². The molecule has 1 aromatic rings. The van der Waals surface area contributed by atoms with Crippen LogP contribution in [0, 0.1) is 5.92 Å². The van der Waals surface area contributed by atoms with Crippen LogP contribution in [0.2, 0.25) is 0 Å². The smallest absolute Gasteiger partial charge is 0.0631 e. The van der Waals surface area contributed by atoms with E-state index in [4.69, 9.17) is 5.84 Å². The van der Waals surface area contributed by atoms with Crippen LogP contribution in [0.5, 0.6) is 0 Å². The highest BCUT2D eigenvalue weighted by Crippen LogP contribution is 2.31. The van der Waals surface area contributed by atoms with Crippen molar-refractivity contribution in [3.05, 3.63) is 17.5 Å². The van der Waals surface area contributed by atoms with E-state index in [-0.39, 0.29) is 6.04 Å². The third kappa shape index (κ3) is 3.57. The molecular formula is C15H28N4. The van der Waals surface area contributed by atoms with Crippen LogP contribution in [0.15, 0.2) is 6.07 Å². The molecule has 19 heavy (non-hydrogen) atoms. The lowest BCUT2D eigenvalue weighted by atomic mass is 9.84. The molecule has 108 valence electrons. The average Bonchev–Trinajstić information content (AvgIpc) is 2.89. The van der Waals surface area contributed by atoms with Crippen molar-refractivity contribution in [2.75, 3.05) is 0 Å². The van der Waals surface area contributed by atoms with Crippen molar-refractivity contribution in [1.29, 1.82) is 0 Å². The molecule has 1 unspecified atom stereocenters. The molecular weight excluding hydrogens is 236 g/mol. The van der Waals surface area contributed by atoms with Gasteiger partial charge in [-0.2, -0.15) is 5.10 Å². The molecule has 0 aromatic carbocycles. The van der Waals surface area contributed by atoms with Gasteiger partial charge in [0.2, 0.25) is 0 Å². The van der Waals surface area contributed by atoms with Crippen molar-refractivity contribution in [2.24, 2.45) is 11.8 Å². The molecule has 1 saturated carbocycles. The highest BCUT2D eigenvalue weighted by molar-refractivity contribution is 5.14. The predicted molar refractivity (Wildman–Crippen MR) is 78.5 cm³/mol. The Hall–Kier alpha value is -0.870. The van der Waals surface area contributed by atoms with Gasteiger partial charge in [-0.05, 0) is 31.7 Å². The minimum absolute atomic E-state index is 0.246. The maximum atomic E-state index is 5.81.